The Morgan fingerprint density at radius 2 is 1.93 bits per heavy atom. The van der Waals surface area contributed by atoms with Gasteiger partial charge in [-0.15, -0.1) is 11.3 Å². The quantitative estimate of drug-likeness (QED) is 0.686. The fraction of sp³-hybridized carbons (Fsp3) is 0.391. The summed E-state index contributed by atoms with van der Waals surface area (Å²) < 4.78 is 0. The number of hydrogen-bond acceptors (Lipinski definition) is 5. The van der Waals surface area contributed by atoms with Crippen LogP contribution in [0, 0.1) is 13.8 Å². The van der Waals surface area contributed by atoms with E-state index in [1.807, 2.05) is 18.2 Å². The molecule has 1 fully saturated rings. The Bertz CT molecular complexity index is 1020. The first-order chi connectivity index (χ1) is 14.0. The van der Waals surface area contributed by atoms with Crippen molar-refractivity contribution in [3.05, 3.63) is 51.7 Å². The molecule has 1 N–H and O–H groups in total. The number of nitrogens with one attached hydrogen (secondary N) is 1. The summed E-state index contributed by atoms with van der Waals surface area (Å²) >= 11 is 1.73. The minimum atomic E-state index is 0.0490. The van der Waals surface area contributed by atoms with Crippen LogP contribution in [-0.2, 0) is 11.2 Å². The van der Waals surface area contributed by atoms with Crippen molar-refractivity contribution in [3.8, 4) is 0 Å². The summed E-state index contributed by atoms with van der Waals surface area (Å²) in [6, 6.07) is 10.3. The molecular weight excluding hydrogens is 380 g/mol. The number of fused-ring (bicyclic) bond motifs is 1. The van der Waals surface area contributed by atoms with Crippen LogP contribution in [0.4, 0.5) is 11.5 Å². The Labute approximate surface area is 176 Å². The molecule has 0 spiro atoms. The molecule has 3 aromatic rings. The van der Waals surface area contributed by atoms with Crippen LogP contribution in [0.25, 0.3) is 10.9 Å². The van der Waals surface area contributed by atoms with Crippen molar-refractivity contribution in [2.24, 2.45) is 0 Å². The molecule has 0 bridgehead atoms. The van der Waals surface area contributed by atoms with Crippen LogP contribution in [0.2, 0.25) is 0 Å². The predicted molar refractivity (Wildman–Crippen MR) is 122 cm³/mol. The average molecular weight is 409 g/mol. The average Bonchev–Trinajstić information content (AvgIpc) is 3.12. The minimum Gasteiger partial charge on any atom is -0.354 e. The number of carbonyl (C=O) groups excluding carboxylic acids is 1. The molecule has 4 rings (SSSR count). The second-order valence-corrected chi connectivity index (χ2v) is 9.05. The van der Waals surface area contributed by atoms with E-state index in [-0.39, 0.29) is 5.91 Å². The zero-order valence-electron chi connectivity index (χ0n) is 17.4. The molecule has 152 valence electrons. The van der Waals surface area contributed by atoms with E-state index in [1.54, 1.807) is 11.3 Å². The smallest absolute Gasteiger partial charge is 0.224 e. The highest BCUT2D eigenvalue weighted by molar-refractivity contribution is 7.10. The topological polar surface area (TPSA) is 48.5 Å². The Morgan fingerprint density at radius 1 is 1.14 bits per heavy atom. The molecule has 6 heteroatoms. The summed E-state index contributed by atoms with van der Waals surface area (Å²) in [7, 11) is 2.16. The maximum absolute atomic E-state index is 12.4. The molecule has 0 atom stereocenters. The first kappa shape index (κ1) is 19.9. The van der Waals surface area contributed by atoms with Gasteiger partial charge in [0.25, 0.3) is 0 Å². The minimum absolute atomic E-state index is 0.0490. The molecule has 29 heavy (non-hydrogen) atoms. The van der Waals surface area contributed by atoms with Crippen molar-refractivity contribution in [2.75, 3.05) is 43.4 Å². The zero-order chi connectivity index (χ0) is 20.4. The number of aromatic nitrogens is 1. The fourth-order valence-electron chi connectivity index (χ4n) is 3.76. The van der Waals surface area contributed by atoms with Crippen LogP contribution in [0.3, 0.4) is 0 Å². The number of pyridine rings is 1. The number of aryl methyl sites for hydroxylation is 3. The SMILES string of the molecule is Cc1cc(CCC(=O)Nc2ccc3nc(N4CCN(C)CC4)cc(C)c3c2)cs1. The number of thiophene rings is 1. The second-order valence-electron chi connectivity index (χ2n) is 7.93. The van der Waals surface area contributed by atoms with Gasteiger partial charge in [0, 0.05) is 48.6 Å². The first-order valence-corrected chi connectivity index (χ1v) is 11.0. The first-order valence-electron chi connectivity index (χ1n) is 10.2. The molecule has 0 aliphatic carbocycles. The molecule has 0 radical (unpaired) electrons. The molecule has 1 amide bonds. The molecule has 1 aliphatic heterocycles. The second kappa shape index (κ2) is 8.51. The van der Waals surface area contributed by atoms with Gasteiger partial charge in [0.1, 0.15) is 5.82 Å². The largest absolute Gasteiger partial charge is 0.354 e. The van der Waals surface area contributed by atoms with Crippen molar-refractivity contribution in [1.82, 2.24) is 9.88 Å². The standard InChI is InChI=1S/C23H28N4OS/c1-16-12-22(27-10-8-26(3)9-11-27)25-21-6-5-19(14-20(16)21)24-23(28)7-4-18-13-17(2)29-15-18/h5-6,12-15H,4,7-11H2,1-3H3,(H,24,28). The number of anilines is 2. The lowest BCUT2D eigenvalue weighted by atomic mass is 10.1. The highest BCUT2D eigenvalue weighted by Crippen LogP contribution is 2.26. The number of hydrogen-bond donors (Lipinski definition) is 1. The lowest BCUT2D eigenvalue weighted by molar-refractivity contribution is -0.116. The summed E-state index contributed by atoms with van der Waals surface area (Å²) in [4.78, 5) is 23.2. The van der Waals surface area contributed by atoms with E-state index in [9.17, 15) is 4.79 Å². The monoisotopic (exact) mass is 408 g/mol. The van der Waals surface area contributed by atoms with Gasteiger partial charge in [-0.2, -0.15) is 0 Å². The van der Waals surface area contributed by atoms with E-state index in [4.69, 9.17) is 4.98 Å². The van der Waals surface area contributed by atoms with Gasteiger partial charge in [-0.3, -0.25) is 4.79 Å². The van der Waals surface area contributed by atoms with E-state index in [0.29, 0.717) is 6.42 Å². The Hall–Kier alpha value is -2.44. The van der Waals surface area contributed by atoms with E-state index in [2.05, 4.69) is 53.5 Å². The van der Waals surface area contributed by atoms with Gasteiger partial charge >= 0.3 is 0 Å². The molecule has 1 aromatic carbocycles. The number of likely N-dealkylation sites (N-methyl/N-ethyl adjacent to an activating group) is 1. The number of benzene rings is 1. The van der Waals surface area contributed by atoms with Crippen LogP contribution in [0.5, 0.6) is 0 Å². The van der Waals surface area contributed by atoms with Crippen LogP contribution in [-0.4, -0.2) is 49.0 Å². The molecule has 0 saturated carbocycles. The number of piperazine rings is 1. The summed E-state index contributed by atoms with van der Waals surface area (Å²) in [5.41, 5.74) is 4.23. The molecule has 3 heterocycles. The molecule has 2 aromatic heterocycles. The zero-order valence-corrected chi connectivity index (χ0v) is 18.2. The molecule has 0 unspecified atom stereocenters. The lowest BCUT2D eigenvalue weighted by Gasteiger charge is -2.33. The van der Waals surface area contributed by atoms with Crippen LogP contribution >= 0.6 is 11.3 Å². The normalized spacial score (nSPS) is 15.1. The lowest BCUT2D eigenvalue weighted by Crippen LogP contribution is -2.44. The van der Waals surface area contributed by atoms with Gasteiger partial charge in [0.05, 0.1) is 5.52 Å². The van der Waals surface area contributed by atoms with Crippen molar-refractivity contribution < 1.29 is 4.79 Å². The summed E-state index contributed by atoms with van der Waals surface area (Å²) in [5, 5.41) is 6.26. The van der Waals surface area contributed by atoms with E-state index >= 15 is 0 Å². The van der Waals surface area contributed by atoms with E-state index < -0.39 is 0 Å². The number of nitrogens with zero attached hydrogens (tertiary/aromatic N) is 3. The van der Waals surface area contributed by atoms with Crippen LogP contribution in [0.1, 0.15) is 22.4 Å². The van der Waals surface area contributed by atoms with Gasteiger partial charge in [-0.25, -0.2) is 4.98 Å². The third-order valence-electron chi connectivity index (χ3n) is 5.54. The van der Waals surface area contributed by atoms with Crippen molar-refractivity contribution in [1.29, 1.82) is 0 Å². The van der Waals surface area contributed by atoms with Gasteiger partial charge in [-0.1, -0.05) is 0 Å². The highest BCUT2D eigenvalue weighted by Gasteiger charge is 2.16. The predicted octanol–water partition coefficient (Wildman–Crippen LogP) is 4.24. The summed E-state index contributed by atoms with van der Waals surface area (Å²) in [6.45, 7) is 8.35. The molecular formula is C23H28N4OS. The highest BCUT2D eigenvalue weighted by atomic mass is 32.1. The number of carbonyl (C=O) groups is 1. The molecule has 5 nitrogen and oxygen atoms in total. The summed E-state index contributed by atoms with van der Waals surface area (Å²) in [6.07, 6.45) is 1.27. The number of rotatable bonds is 5. The van der Waals surface area contributed by atoms with Crippen molar-refractivity contribution in [3.63, 3.8) is 0 Å². The third-order valence-corrected chi connectivity index (χ3v) is 6.45. The van der Waals surface area contributed by atoms with Crippen LogP contribution in [0.15, 0.2) is 35.7 Å². The third kappa shape index (κ3) is 4.77. The van der Waals surface area contributed by atoms with Gasteiger partial charge in [0.2, 0.25) is 5.91 Å². The Kier molecular flexibility index (Phi) is 5.83. The van der Waals surface area contributed by atoms with E-state index in [1.165, 1.54) is 16.0 Å². The van der Waals surface area contributed by atoms with Gasteiger partial charge in [0.15, 0.2) is 0 Å². The maximum Gasteiger partial charge on any atom is 0.224 e. The maximum atomic E-state index is 12.4. The van der Waals surface area contributed by atoms with Gasteiger partial charge in [-0.05, 0) is 74.2 Å². The van der Waals surface area contributed by atoms with Crippen molar-refractivity contribution >= 4 is 39.7 Å². The fourth-order valence-corrected chi connectivity index (χ4v) is 4.50. The van der Waals surface area contributed by atoms with E-state index in [0.717, 1.165) is 55.0 Å². The molecule has 1 saturated heterocycles. The Balaban J connectivity index is 1.45. The van der Waals surface area contributed by atoms with Crippen LogP contribution < -0.4 is 10.2 Å². The molecule has 1 aliphatic rings. The number of amides is 1. The van der Waals surface area contributed by atoms with Crippen molar-refractivity contribution in [2.45, 2.75) is 26.7 Å². The summed E-state index contributed by atoms with van der Waals surface area (Å²) in [5.74, 6) is 1.10. The van der Waals surface area contributed by atoms with Gasteiger partial charge < -0.3 is 15.1 Å². The Morgan fingerprint density at radius 3 is 2.66 bits per heavy atom.